The number of nitrogens with one attached hydrogen (secondary N) is 1. The van der Waals surface area contributed by atoms with Crippen molar-refractivity contribution in [3.63, 3.8) is 0 Å². The average Bonchev–Trinajstić information content (AvgIpc) is 2.77. The Kier molecular flexibility index (Phi) is 3.12. The standard InChI is InChI=1S/C15H12N2O2S/c1-10(18)16-12-7-5-11(6-8-12)14-15(19)17-9-3-2-4-13(17)20-14/h2-9H,1H3,(H-,16,18,19)/p+1. The van der Waals surface area contributed by atoms with Gasteiger partial charge in [0.15, 0.2) is 11.1 Å². The Balaban J connectivity index is 2.02. The lowest BCUT2D eigenvalue weighted by Crippen LogP contribution is -2.16. The Morgan fingerprint density at radius 3 is 2.60 bits per heavy atom. The summed E-state index contributed by atoms with van der Waals surface area (Å²) in [7, 11) is 0. The monoisotopic (exact) mass is 285 g/mol. The molecule has 0 aliphatic heterocycles. The van der Waals surface area contributed by atoms with Gasteiger partial charge in [0.1, 0.15) is 0 Å². The molecule has 0 bridgehead atoms. The molecule has 1 aromatic carbocycles. The van der Waals surface area contributed by atoms with Crippen LogP contribution in [0.4, 0.5) is 5.69 Å². The number of nitrogens with zero attached hydrogens (tertiary/aromatic N) is 1. The molecular formula is C15H13N2O2S+. The quantitative estimate of drug-likeness (QED) is 0.711. The summed E-state index contributed by atoms with van der Waals surface area (Å²) in [5, 5.41) is 13.0. The fraction of sp³-hybridized carbons (Fsp3) is 0.0667. The van der Waals surface area contributed by atoms with E-state index in [-0.39, 0.29) is 11.8 Å². The molecule has 100 valence electrons. The lowest BCUT2D eigenvalue weighted by molar-refractivity contribution is -0.517. The molecule has 0 radical (unpaired) electrons. The van der Waals surface area contributed by atoms with Gasteiger partial charge >= 0.3 is 5.88 Å². The van der Waals surface area contributed by atoms with Gasteiger partial charge in [-0.15, -0.1) is 4.40 Å². The number of fused-ring (bicyclic) bond motifs is 1. The van der Waals surface area contributed by atoms with Crippen molar-refractivity contribution < 1.29 is 14.3 Å². The van der Waals surface area contributed by atoms with E-state index < -0.39 is 0 Å². The van der Waals surface area contributed by atoms with Crippen molar-refractivity contribution >= 4 is 27.8 Å². The normalized spacial score (nSPS) is 10.7. The van der Waals surface area contributed by atoms with Gasteiger partial charge in [0, 0.05) is 30.3 Å². The van der Waals surface area contributed by atoms with Crippen LogP contribution in [-0.4, -0.2) is 11.0 Å². The van der Waals surface area contributed by atoms with E-state index in [1.807, 2.05) is 48.7 Å². The summed E-state index contributed by atoms with van der Waals surface area (Å²) >= 11 is 1.52. The third-order valence-corrected chi connectivity index (χ3v) is 4.09. The number of hydrogen-bond donors (Lipinski definition) is 2. The molecule has 0 fully saturated rings. The number of thiazole rings is 1. The van der Waals surface area contributed by atoms with E-state index in [2.05, 4.69) is 5.32 Å². The fourth-order valence-corrected chi connectivity index (χ4v) is 3.09. The van der Waals surface area contributed by atoms with Crippen molar-refractivity contribution in [1.29, 1.82) is 0 Å². The van der Waals surface area contributed by atoms with Gasteiger partial charge in [-0.05, 0) is 18.2 Å². The molecule has 1 amide bonds. The third-order valence-electron chi connectivity index (χ3n) is 2.93. The van der Waals surface area contributed by atoms with Gasteiger partial charge in [-0.25, -0.2) is 0 Å². The molecule has 0 aliphatic carbocycles. The number of pyridine rings is 1. The zero-order chi connectivity index (χ0) is 14.1. The smallest absolute Gasteiger partial charge is 0.390 e. The molecule has 0 atom stereocenters. The van der Waals surface area contributed by atoms with E-state index in [1.165, 1.54) is 18.3 Å². The highest BCUT2D eigenvalue weighted by Gasteiger charge is 2.20. The molecule has 0 saturated heterocycles. The molecule has 3 rings (SSSR count). The number of carbonyl (C=O) groups excluding carboxylic acids is 1. The SMILES string of the molecule is CC(=O)Nc1ccc(-c2sc3cccc[n+]3c2O)cc1. The minimum atomic E-state index is -0.0991. The zero-order valence-electron chi connectivity index (χ0n) is 10.8. The van der Waals surface area contributed by atoms with Crippen molar-refractivity contribution in [3.8, 4) is 16.3 Å². The minimum Gasteiger partial charge on any atom is -0.458 e. The highest BCUT2D eigenvalue weighted by atomic mass is 32.1. The van der Waals surface area contributed by atoms with Gasteiger partial charge in [-0.3, -0.25) is 4.79 Å². The maximum absolute atomic E-state index is 11.0. The molecular weight excluding hydrogens is 272 g/mol. The molecule has 2 N–H and O–H groups in total. The maximum Gasteiger partial charge on any atom is 0.390 e. The molecule has 0 unspecified atom stereocenters. The molecule has 5 heteroatoms. The predicted molar refractivity (Wildman–Crippen MR) is 78.9 cm³/mol. The number of anilines is 1. The van der Waals surface area contributed by atoms with Crippen molar-refractivity contribution in [1.82, 2.24) is 0 Å². The number of amides is 1. The molecule has 4 nitrogen and oxygen atoms in total. The Hall–Kier alpha value is -2.40. The van der Waals surface area contributed by atoms with E-state index in [0.717, 1.165) is 21.0 Å². The second-order valence-electron chi connectivity index (χ2n) is 4.42. The Labute approximate surface area is 119 Å². The van der Waals surface area contributed by atoms with Crippen LogP contribution >= 0.6 is 11.3 Å². The molecule has 0 aliphatic rings. The number of hydrogen-bond acceptors (Lipinski definition) is 3. The average molecular weight is 285 g/mol. The summed E-state index contributed by atoms with van der Waals surface area (Å²) in [5.41, 5.74) is 1.67. The first-order valence-electron chi connectivity index (χ1n) is 6.15. The summed E-state index contributed by atoms with van der Waals surface area (Å²) < 4.78 is 1.75. The van der Waals surface area contributed by atoms with E-state index in [0.29, 0.717) is 0 Å². The topological polar surface area (TPSA) is 53.4 Å². The molecule has 2 heterocycles. The number of benzene rings is 1. The lowest BCUT2D eigenvalue weighted by atomic mass is 10.2. The summed E-state index contributed by atoms with van der Waals surface area (Å²) in [4.78, 5) is 12.8. The van der Waals surface area contributed by atoms with Crippen molar-refractivity contribution in [2.45, 2.75) is 6.92 Å². The highest BCUT2D eigenvalue weighted by Crippen LogP contribution is 2.34. The van der Waals surface area contributed by atoms with Crippen LogP contribution in [0.5, 0.6) is 5.88 Å². The first kappa shape index (κ1) is 12.6. The molecule has 0 spiro atoms. The zero-order valence-corrected chi connectivity index (χ0v) is 11.6. The first-order chi connectivity index (χ1) is 9.65. The summed E-state index contributed by atoms with van der Waals surface area (Å²) in [5.74, 6) is 0.135. The minimum absolute atomic E-state index is 0.0991. The van der Waals surface area contributed by atoms with Crippen LogP contribution < -0.4 is 9.72 Å². The number of aromatic nitrogens is 1. The molecule has 2 aromatic heterocycles. The van der Waals surface area contributed by atoms with Gasteiger partial charge in [0.05, 0.1) is 0 Å². The van der Waals surface area contributed by atoms with Gasteiger partial charge < -0.3 is 10.4 Å². The largest absolute Gasteiger partial charge is 0.458 e. The molecule has 20 heavy (non-hydrogen) atoms. The van der Waals surface area contributed by atoms with E-state index in [4.69, 9.17) is 0 Å². The van der Waals surface area contributed by atoms with Crippen LogP contribution in [-0.2, 0) is 4.79 Å². The second-order valence-corrected chi connectivity index (χ2v) is 5.45. The molecule has 0 saturated carbocycles. The number of aromatic hydroxyl groups is 1. The van der Waals surface area contributed by atoms with Crippen molar-refractivity contribution in [3.05, 3.63) is 48.7 Å². The van der Waals surface area contributed by atoms with Crippen LogP contribution in [0.15, 0.2) is 48.7 Å². The summed E-state index contributed by atoms with van der Waals surface area (Å²) in [6.07, 6.45) is 1.83. The molecule has 3 aromatic rings. The van der Waals surface area contributed by atoms with E-state index in [1.54, 1.807) is 4.40 Å². The fourth-order valence-electron chi connectivity index (χ4n) is 2.04. The van der Waals surface area contributed by atoms with Crippen LogP contribution in [0.3, 0.4) is 0 Å². The van der Waals surface area contributed by atoms with Crippen LogP contribution in [0.2, 0.25) is 0 Å². The van der Waals surface area contributed by atoms with E-state index >= 15 is 0 Å². The first-order valence-corrected chi connectivity index (χ1v) is 6.97. The second kappa shape index (κ2) is 4.94. The number of carbonyl (C=O) groups is 1. The summed E-state index contributed by atoms with van der Waals surface area (Å²) in [6, 6.07) is 13.2. The maximum atomic E-state index is 11.0. The van der Waals surface area contributed by atoms with Crippen LogP contribution in [0, 0.1) is 0 Å². The Bertz CT molecular complexity index is 778. The predicted octanol–water partition coefficient (Wildman–Crippen LogP) is 2.82. The Morgan fingerprint density at radius 1 is 1.20 bits per heavy atom. The van der Waals surface area contributed by atoms with Gasteiger partial charge in [0.2, 0.25) is 5.91 Å². The van der Waals surface area contributed by atoms with Crippen molar-refractivity contribution in [2.24, 2.45) is 0 Å². The number of rotatable bonds is 2. The van der Waals surface area contributed by atoms with E-state index in [9.17, 15) is 9.90 Å². The van der Waals surface area contributed by atoms with Crippen LogP contribution in [0.1, 0.15) is 6.92 Å². The lowest BCUT2D eigenvalue weighted by Gasteiger charge is -2.02. The van der Waals surface area contributed by atoms with Gasteiger partial charge in [-0.2, -0.15) is 0 Å². The van der Waals surface area contributed by atoms with Crippen molar-refractivity contribution in [2.75, 3.05) is 5.32 Å². The van der Waals surface area contributed by atoms with Crippen LogP contribution in [0.25, 0.3) is 15.3 Å². The Morgan fingerprint density at radius 2 is 1.95 bits per heavy atom. The van der Waals surface area contributed by atoms with Gasteiger partial charge in [-0.1, -0.05) is 23.5 Å². The van der Waals surface area contributed by atoms with Gasteiger partial charge in [0.25, 0.3) is 4.83 Å². The summed E-state index contributed by atoms with van der Waals surface area (Å²) in [6.45, 7) is 1.47. The highest BCUT2D eigenvalue weighted by molar-refractivity contribution is 7.20. The third kappa shape index (κ3) is 2.23.